The molecule has 0 N–H and O–H groups in total. The van der Waals surface area contributed by atoms with Crippen molar-refractivity contribution in [2.24, 2.45) is 10.1 Å². The van der Waals surface area contributed by atoms with Crippen LogP contribution in [0.15, 0.2) is 69.8 Å². The molecule has 0 saturated heterocycles. The molecule has 0 aliphatic carbocycles. The highest BCUT2D eigenvalue weighted by molar-refractivity contribution is 5.87. The van der Waals surface area contributed by atoms with Crippen molar-refractivity contribution < 1.29 is 23.3 Å². The Bertz CT molecular complexity index is 1120. The maximum absolute atomic E-state index is 5.58. The second-order valence-corrected chi connectivity index (χ2v) is 6.53. The van der Waals surface area contributed by atoms with Gasteiger partial charge in [0, 0.05) is 11.1 Å². The molecule has 4 rings (SSSR count). The van der Waals surface area contributed by atoms with Gasteiger partial charge >= 0.3 is 6.34 Å². The van der Waals surface area contributed by atoms with Crippen LogP contribution in [0.25, 0.3) is 16.9 Å². The van der Waals surface area contributed by atoms with Gasteiger partial charge in [-0.15, -0.1) is 4.70 Å². The van der Waals surface area contributed by atoms with Gasteiger partial charge in [-0.2, -0.15) is 0 Å². The number of nitrogens with zero attached hydrogens (tertiary/aromatic N) is 3. The average Bonchev–Trinajstić information content (AvgIpc) is 3.51. The number of benzene rings is 2. The molecule has 0 unspecified atom stereocenters. The fourth-order valence-electron chi connectivity index (χ4n) is 3.38. The van der Waals surface area contributed by atoms with E-state index in [1.54, 1.807) is 38.6 Å². The van der Waals surface area contributed by atoms with Crippen molar-refractivity contribution in [3.63, 3.8) is 0 Å². The summed E-state index contributed by atoms with van der Waals surface area (Å²) in [6.07, 6.45) is 3.35. The van der Waals surface area contributed by atoms with Crippen LogP contribution in [0.1, 0.15) is 11.1 Å². The van der Waals surface area contributed by atoms with E-state index < -0.39 is 0 Å². The molecule has 0 radical (unpaired) electrons. The zero-order valence-corrected chi connectivity index (χ0v) is 17.1. The van der Waals surface area contributed by atoms with E-state index in [-0.39, 0.29) is 0 Å². The lowest BCUT2D eigenvalue weighted by Gasteiger charge is -2.16. The summed E-state index contributed by atoms with van der Waals surface area (Å²) in [7, 11) is 4.76. The van der Waals surface area contributed by atoms with Crippen LogP contribution in [-0.2, 0) is 0 Å². The summed E-state index contributed by atoms with van der Waals surface area (Å²) in [5, 5.41) is 4.41. The molecule has 0 amide bonds. The second kappa shape index (κ2) is 8.24. The van der Waals surface area contributed by atoms with Crippen LogP contribution in [0, 0.1) is 0 Å². The van der Waals surface area contributed by atoms with E-state index in [9.17, 15) is 0 Å². The quantitative estimate of drug-likeness (QED) is 0.512. The van der Waals surface area contributed by atoms with Crippen LogP contribution < -0.4 is 14.2 Å². The molecular formula is C23H22N3O4+. The monoisotopic (exact) mass is 404 g/mol. The molecule has 1 aliphatic heterocycles. The van der Waals surface area contributed by atoms with E-state index in [2.05, 4.69) is 16.7 Å². The minimum absolute atomic E-state index is 0.399. The van der Waals surface area contributed by atoms with Gasteiger partial charge in [0.1, 0.15) is 5.76 Å². The predicted octanol–water partition coefficient (Wildman–Crippen LogP) is 5.13. The van der Waals surface area contributed by atoms with E-state index in [0.717, 1.165) is 33.7 Å². The zero-order chi connectivity index (χ0) is 21.1. The van der Waals surface area contributed by atoms with Crippen LogP contribution in [0.3, 0.4) is 0 Å². The van der Waals surface area contributed by atoms with E-state index in [1.807, 2.05) is 42.5 Å². The van der Waals surface area contributed by atoms with Gasteiger partial charge in [0.15, 0.2) is 17.2 Å². The Hall–Kier alpha value is -3.87. The van der Waals surface area contributed by atoms with Gasteiger partial charge in [-0.05, 0) is 53.6 Å². The molecule has 0 atom stereocenters. The molecule has 2 aromatic carbocycles. The summed E-state index contributed by atoms with van der Waals surface area (Å²) < 4.78 is 23.8. The van der Waals surface area contributed by atoms with Gasteiger partial charge < -0.3 is 18.6 Å². The zero-order valence-electron chi connectivity index (χ0n) is 17.1. The number of ether oxygens (including phenoxy) is 3. The number of azo groups is 2. The van der Waals surface area contributed by atoms with Gasteiger partial charge in [0.05, 0.1) is 27.6 Å². The summed E-state index contributed by atoms with van der Waals surface area (Å²) in [6, 6.07) is 13.5. The highest BCUT2D eigenvalue weighted by Gasteiger charge is 2.22. The molecule has 1 aliphatic rings. The van der Waals surface area contributed by atoms with Gasteiger partial charge in [-0.3, -0.25) is 0 Å². The lowest BCUT2D eigenvalue weighted by molar-refractivity contribution is -0.373. The summed E-state index contributed by atoms with van der Waals surface area (Å²) in [6.45, 7) is 4.76. The summed E-state index contributed by atoms with van der Waals surface area (Å²) in [5.74, 6) is 2.42. The first-order valence-corrected chi connectivity index (χ1v) is 9.30. The predicted molar refractivity (Wildman–Crippen MR) is 114 cm³/mol. The minimum Gasteiger partial charge on any atom is -0.493 e. The molecule has 1 aromatic heterocycles. The minimum atomic E-state index is 0.399. The Morgan fingerprint density at radius 2 is 1.80 bits per heavy atom. The summed E-state index contributed by atoms with van der Waals surface area (Å²) >= 11 is 0. The molecule has 0 fully saturated rings. The smallest absolute Gasteiger partial charge is 0.308 e. The maximum Gasteiger partial charge on any atom is 0.308 e. The van der Waals surface area contributed by atoms with Crippen molar-refractivity contribution in [2.45, 2.75) is 0 Å². The lowest BCUT2D eigenvalue weighted by Crippen LogP contribution is -2.02. The van der Waals surface area contributed by atoms with Crippen LogP contribution in [-0.4, -0.2) is 39.0 Å². The first-order valence-electron chi connectivity index (χ1n) is 9.30. The number of aliphatic imine (C=N–C) groups is 1. The number of hydrogen-bond acceptors (Lipinski definition) is 6. The van der Waals surface area contributed by atoms with Crippen LogP contribution in [0.5, 0.6) is 17.2 Å². The Labute approximate surface area is 174 Å². The number of hydrogen-bond donors (Lipinski definition) is 0. The average molecular weight is 404 g/mol. The molecule has 152 valence electrons. The maximum atomic E-state index is 5.58. The first-order chi connectivity index (χ1) is 14.7. The highest BCUT2D eigenvalue weighted by Crippen LogP contribution is 2.42. The standard InChI is InChI=1S/C23H22N3O4/c1-15(17-11-21(27-2)23(29-4)22(12-17)28-3)18-10-16(20-6-5-9-30-20)7-8-19(18)26-14-24-13-25-26/h5-12,14H,1,13H2,2-4H3/q+1. The summed E-state index contributed by atoms with van der Waals surface area (Å²) in [4.78, 5) is 4.19. The number of methoxy groups -OCH3 is 3. The Kier molecular flexibility index (Phi) is 5.34. The van der Waals surface area contributed by atoms with Gasteiger partial charge in [-0.25, -0.2) is 0 Å². The molecule has 2 heterocycles. The van der Waals surface area contributed by atoms with Crippen molar-refractivity contribution in [3.8, 4) is 28.6 Å². The molecule has 30 heavy (non-hydrogen) atoms. The third-order valence-corrected chi connectivity index (χ3v) is 4.88. The number of rotatable bonds is 7. The van der Waals surface area contributed by atoms with Crippen molar-refractivity contribution in [3.05, 3.63) is 66.4 Å². The summed E-state index contributed by atoms with van der Waals surface area (Å²) in [5.41, 5.74) is 4.29. The van der Waals surface area contributed by atoms with Crippen LogP contribution in [0.2, 0.25) is 0 Å². The molecular weight excluding hydrogens is 382 g/mol. The Balaban J connectivity index is 1.87. The largest absolute Gasteiger partial charge is 0.493 e. The fraction of sp³-hybridized carbons (Fsp3) is 0.174. The van der Waals surface area contributed by atoms with Gasteiger partial charge in [-0.1, -0.05) is 16.7 Å². The number of furan rings is 1. The fourth-order valence-corrected chi connectivity index (χ4v) is 3.38. The van der Waals surface area contributed by atoms with Crippen LogP contribution >= 0.6 is 0 Å². The topological polar surface area (TPSA) is 68.6 Å². The lowest BCUT2D eigenvalue weighted by atomic mass is 9.95. The van der Waals surface area contributed by atoms with E-state index in [0.29, 0.717) is 23.9 Å². The van der Waals surface area contributed by atoms with Crippen molar-refractivity contribution in [1.82, 2.24) is 0 Å². The van der Waals surface area contributed by atoms with Crippen molar-refractivity contribution >= 4 is 17.6 Å². The van der Waals surface area contributed by atoms with Crippen molar-refractivity contribution in [2.75, 3.05) is 28.0 Å². The van der Waals surface area contributed by atoms with E-state index >= 15 is 0 Å². The molecule has 3 aromatic rings. The van der Waals surface area contributed by atoms with Gasteiger partial charge in [0.25, 0.3) is 6.67 Å². The normalized spacial score (nSPS) is 12.6. The van der Waals surface area contributed by atoms with Crippen LogP contribution in [0.4, 0.5) is 5.69 Å². The SMILES string of the molecule is C=C(c1cc(OC)c(OC)c(OC)c1)c1cc(-c2ccco2)ccc1[N+]1=NCN=C1. The Morgan fingerprint density at radius 1 is 1.03 bits per heavy atom. The molecule has 0 spiro atoms. The second-order valence-electron chi connectivity index (χ2n) is 6.53. The Morgan fingerprint density at radius 3 is 2.37 bits per heavy atom. The molecule has 7 heteroatoms. The first kappa shape index (κ1) is 19.4. The van der Waals surface area contributed by atoms with Gasteiger partial charge in [0.2, 0.25) is 5.75 Å². The highest BCUT2D eigenvalue weighted by atomic mass is 16.5. The molecule has 0 bridgehead atoms. The van der Waals surface area contributed by atoms with E-state index in [1.165, 1.54) is 0 Å². The van der Waals surface area contributed by atoms with Crippen molar-refractivity contribution in [1.29, 1.82) is 0 Å². The van der Waals surface area contributed by atoms with E-state index in [4.69, 9.17) is 18.6 Å². The third kappa shape index (κ3) is 3.45. The third-order valence-electron chi connectivity index (χ3n) is 4.88. The molecule has 7 nitrogen and oxygen atoms in total. The molecule has 0 saturated carbocycles.